The second kappa shape index (κ2) is 5.20. The maximum Gasteiger partial charge on any atom is 0.417 e. The molecule has 1 saturated heterocycles. The molecule has 6 heteroatoms. The van der Waals surface area contributed by atoms with Crippen LogP contribution in [0.25, 0.3) is 11.1 Å². The van der Waals surface area contributed by atoms with Gasteiger partial charge in [0.25, 0.3) is 0 Å². The van der Waals surface area contributed by atoms with E-state index < -0.39 is 5.76 Å². The van der Waals surface area contributed by atoms with Gasteiger partial charge in [0.15, 0.2) is 5.58 Å². The fourth-order valence-corrected chi connectivity index (χ4v) is 2.77. The molecule has 0 amide bonds. The Labute approximate surface area is 116 Å². The maximum absolute atomic E-state index is 11.1. The molecule has 1 aromatic heterocycles. The molecule has 0 aliphatic carbocycles. The van der Waals surface area contributed by atoms with E-state index >= 15 is 0 Å². The molecular weight excluding hydrogens is 258 g/mol. The molecule has 1 unspecified atom stereocenters. The van der Waals surface area contributed by atoms with E-state index in [2.05, 4.69) is 16.9 Å². The first-order chi connectivity index (χ1) is 9.63. The van der Waals surface area contributed by atoms with Gasteiger partial charge in [-0.15, -0.1) is 0 Å². The van der Waals surface area contributed by atoms with Crippen molar-refractivity contribution in [2.45, 2.75) is 25.3 Å². The summed E-state index contributed by atoms with van der Waals surface area (Å²) < 4.78 is 10.7. The van der Waals surface area contributed by atoms with Crippen LogP contribution in [-0.4, -0.2) is 36.1 Å². The molecule has 0 radical (unpaired) electrons. The number of nitrogens with one attached hydrogen (secondary N) is 1. The molecule has 1 atom stereocenters. The Hall–Kier alpha value is -1.95. The third-order valence-corrected chi connectivity index (χ3v) is 3.93. The number of ether oxygens (including phenoxy) is 1. The number of likely N-dealkylation sites (tertiary alicyclic amines) is 1. The third-order valence-electron chi connectivity index (χ3n) is 3.93. The molecule has 2 heterocycles. The minimum absolute atomic E-state index is 0.454. The fraction of sp³-hybridized carbons (Fsp3) is 0.500. The first kappa shape index (κ1) is 13.1. The summed E-state index contributed by atoms with van der Waals surface area (Å²) in [6.07, 6.45) is 3.46. The summed E-state index contributed by atoms with van der Waals surface area (Å²) in [6, 6.07) is 3.92. The summed E-state index contributed by atoms with van der Waals surface area (Å²) in [5, 5.41) is 0. The van der Waals surface area contributed by atoms with Gasteiger partial charge in [0.1, 0.15) is 5.75 Å². The quantitative estimate of drug-likeness (QED) is 0.829. The molecule has 1 fully saturated rings. The number of aromatic nitrogens is 1. The molecular formula is C14H19N3O3. The summed E-state index contributed by atoms with van der Waals surface area (Å²) >= 11 is 0. The third kappa shape index (κ3) is 2.51. The molecule has 6 nitrogen and oxygen atoms in total. The van der Waals surface area contributed by atoms with E-state index in [1.807, 2.05) is 0 Å². The first-order valence-electron chi connectivity index (χ1n) is 6.89. The Kier molecular flexibility index (Phi) is 3.40. The van der Waals surface area contributed by atoms with Crippen molar-refractivity contribution < 1.29 is 9.15 Å². The number of H-pyrrole nitrogens is 1. The number of fused-ring (bicyclic) bond motifs is 1. The van der Waals surface area contributed by atoms with Gasteiger partial charge in [0.05, 0.1) is 17.8 Å². The van der Waals surface area contributed by atoms with Crippen molar-refractivity contribution in [3.05, 3.63) is 22.7 Å². The lowest BCUT2D eigenvalue weighted by molar-refractivity contribution is 0.234. The van der Waals surface area contributed by atoms with Crippen LogP contribution >= 0.6 is 0 Å². The highest BCUT2D eigenvalue weighted by Gasteiger charge is 2.20. The van der Waals surface area contributed by atoms with E-state index in [0.717, 1.165) is 13.0 Å². The predicted molar refractivity (Wildman–Crippen MR) is 77.0 cm³/mol. The summed E-state index contributed by atoms with van der Waals surface area (Å²) in [6.45, 7) is 1.78. The van der Waals surface area contributed by atoms with Crippen molar-refractivity contribution in [2.75, 3.05) is 25.9 Å². The number of nitrogens with two attached hydrogens (primary N) is 1. The Morgan fingerprint density at radius 1 is 1.55 bits per heavy atom. The van der Waals surface area contributed by atoms with Gasteiger partial charge in [-0.25, -0.2) is 4.79 Å². The minimum Gasteiger partial charge on any atom is -0.491 e. The number of oxazole rings is 1. The second-order valence-electron chi connectivity index (χ2n) is 5.31. The fourth-order valence-electron chi connectivity index (χ4n) is 2.77. The van der Waals surface area contributed by atoms with Crippen LogP contribution in [0, 0.1) is 0 Å². The second-order valence-corrected chi connectivity index (χ2v) is 5.31. The standard InChI is InChI=1S/C14H19N3O3/c1-17-5-2-3-9(17)4-6-19-12-8-11-13(7-10(12)15)20-14(18)16-11/h7-9H,2-6,15H2,1H3,(H,16,18). The molecule has 3 rings (SSSR count). The molecule has 2 aromatic rings. The molecule has 0 bridgehead atoms. The highest BCUT2D eigenvalue weighted by Crippen LogP contribution is 2.27. The van der Waals surface area contributed by atoms with Crippen LogP contribution in [0.2, 0.25) is 0 Å². The number of hydrogen-bond acceptors (Lipinski definition) is 5. The zero-order valence-electron chi connectivity index (χ0n) is 11.5. The first-order valence-corrected chi connectivity index (χ1v) is 6.89. The topological polar surface area (TPSA) is 84.5 Å². The van der Waals surface area contributed by atoms with E-state index in [1.54, 1.807) is 12.1 Å². The Morgan fingerprint density at radius 2 is 2.40 bits per heavy atom. The van der Waals surface area contributed by atoms with Crippen molar-refractivity contribution in [3.63, 3.8) is 0 Å². The van der Waals surface area contributed by atoms with E-state index in [9.17, 15) is 4.79 Å². The molecule has 0 spiro atoms. The minimum atomic E-state index is -0.482. The van der Waals surface area contributed by atoms with Crippen molar-refractivity contribution in [1.29, 1.82) is 0 Å². The average molecular weight is 277 g/mol. The van der Waals surface area contributed by atoms with E-state index in [4.69, 9.17) is 14.9 Å². The molecule has 0 saturated carbocycles. The summed E-state index contributed by atoms with van der Waals surface area (Å²) in [7, 11) is 2.15. The Balaban J connectivity index is 1.67. The van der Waals surface area contributed by atoms with Gasteiger partial charge in [0, 0.05) is 18.2 Å². The van der Waals surface area contributed by atoms with Gasteiger partial charge in [-0.2, -0.15) is 0 Å². The molecule has 108 valence electrons. The van der Waals surface area contributed by atoms with Gasteiger partial charge in [-0.3, -0.25) is 4.98 Å². The molecule has 1 aliphatic rings. The number of rotatable bonds is 4. The summed E-state index contributed by atoms with van der Waals surface area (Å²) in [5.74, 6) is 0.110. The molecule has 20 heavy (non-hydrogen) atoms. The van der Waals surface area contributed by atoms with E-state index in [-0.39, 0.29) is 0 Å². The molecule has 1 aromatic carbocycles. The van der Waals surface area contributed by atoms with Gasteiger partial charge in [0.2, 0.25) is 0 Å². The van der Waals surface area contributed by atoms with E-state index in [0.29, 0.717) is 35.2 Å². The van der Waals surface area contributed by atoms with Crippen LogP contribution in [-0.2, 0) is 0 Å². The van der Waals surface area contributed by atoms with Gasteiger partial charge < -0.3 is 19.8 Å². The Morgan fingerprint density at radius 3 is 3.15 bits per heavy atom. The monoisotopic (exact) mass is 277 g/mol. The van der Waals surface area contributed by atoms with Crippen LogP contribution in [0.15, 0.2) is 21.3 Å². The average Bonchev–Trinajstić information content (AvgIpc) is 2.95. The van der Waals surface area contributed by atoms with Crippen LogP contribution in [0.4, 0.5) is 5.69 Å². The summed E-state index contributed by atoms with van der Waals surface area (Å²) in [4.78, 5) is 16.1. The van der Waals surface area contributed by atoms with Crippen LogP contribution in [0.3, 0.4) is 0 Å². The van der Waals surface area contributed by atoms with E-state index in [1.165, 1.54) is 12.8 Å². The zero-order valence-corrected chi connectivity index (χ0v) is 11.5. The van der Waals surface area contributed by atoms with Crippen LogP contribution in [0.5, 0.6) is 5.75 Å². The highest BCUT2D eigenvalue weighted by atomic mass is 16.5. The smallest absolute Gasteiger partial charge is 0.417 e. The highest BCUT2D eigenvalue weighted by molar-refractivity contribution is 5.80. The maximum atomic E-state index is 11.1. The number of anilines is 1. The SMILES string of the molecule is CN1CCCC1CCOc1cc2[nH]c(=O)oc2cc1N. The van der Waals surface area contributed by atoms with Crippen molar-refractivity contribution in [3.8, 4) is 5.75 Å². The summed E-state index contributed by atoms with van der Waals surface area (Å²) in [5.41, 5.74) is 7.45. The zero-order chi connectivity index (χ0) is 14.1. The normalized spacial score (nSPS) is 19.8. The largest absolute Gasteiger partial charge is 0.491 e. The molecule has 1 aliphatic heterocycles. The number of aromatic amines is 1. The van der Waals surface area contributed by atoms with Gasteiger partial charge in [-0.1, -0.05) is 0 Å². The number of nitrogens with zero attached hydrogens (tertiary/aromatic N) is 1. The lowest BCUT2D eigenvalue weighted by Gasteiger charge is -2.19. The molecule has 3 N–H and O–H groups in total. The lowest BCUT2D eigenvalue weighted by atomic mass is 10.1. The Bertz CT molecular complexity index is 661. The number of benzene rings is 1. The number of hydrogen-bond donors (Lipinski definition) is 2. The lowest BCUT2D eigenvalue weighted by Crippen LogP contribution is -2.26. The van der Waals surface area contributed by atoms with Gasteiger partial charge in [-0.05, 0) is 32.9 Å². The predicted octanol–water partition coefficient (Wildman–Crippen LogP) is 1.57. The number of nitrogen functional groups attached to an aromatic ring is 1. The van der Waals surface area contributed by atoms with Crippen molar-refractivity contribution >= 4 is 16.8 Å². The van der Waals surface area contributed by atoms with Crippen molar-refractivity contribution in [2.24, 2.45) is 0 Å². The van der Waals surface area contributed by atoms with Crippen LogP contribution < -0.4 is 16.2 Å². The van der Waals surface area contributed by atoms with Gasteiger partial charge >= 0.3 is 5.76 Å². The van der Waals surface area contributed by atoms with Crippen LogP contribution in [0.1, 0.15) is 19.3 Å². The van der Waals surface area contributed by atoms with Crippen molar-refractivity contribution in [1.82, 2.24) is 9.88 Å².